The monoisotopic (exact) mass is 316 g/mol. The van der Waals surface area contributed by atoms with Crippen LogP contribution in [0.3, 0.4) is 0 Å². The largest absolute Gasteiger partial charge is 0.574 e. The van der Waals surface area contributed by atoms with Gasteiger partial charge in [0.05, 0.1) is 11.3 Å². The number of hydrogen-bond donors (Lipinski definition) is 1. The molecule has 0 bridgehead atoms. The molecule has 0 spiro atoms. The minimum Gasteiger partial charge on any atom is -0.481 e. The van der Waals surface area contributed by atoms with Gasteiger partial charge in [0.15, 0.2) is 0 Å². The zero-order valence-corrected chi connectivity index (χ0v) is 9.73. The molecule has 0 saturated heterocycles. The highest BCUT2D eigenvalue weighted by atomic mass is 19.4. The summed E-state index contributed by atoms with van der Waals surface area (Å²) in [5.41, 5.74) is -3.48. The van der Waals surface area contributed by atoms with E-state index in [2.05, 4.69) is 9.72 Å². The molecule has 0 radical (unpaired) electrons. The van der Waals surface area contributed by atoms with E-state index in [0.29, 0.717) is 0 Å². The second-order valence-corrected chi connectivity index (χ2v) is 3.53. The molecule has 0 aliphatic rings. The van der Waals surface area contributed by atoms with Crippen LogP contribution < -0.4 is 4.74 Å². The minimum atomic E-state index is -5.38. The molecule has 1 aromatic rings. The van der Waals surface area contributed by atoms with Gasteiger partial charge in [-0.2, -0.15) is 0 Å². The van der Waals surface area contributed by atoms with Crippen molar-refractivity contribution in [3.05, 3.63) is 27.4 Å². The Bertz CT molecular complexity index is 574. The molecule has 0 fully saturated rings. The molecule has 0 aliphatic heterocycles. The van der Waals surface area contributed by atoms with Crippen molar-refractivity contribution >= 4 is 11.7 Å². The average Bonchev–Trinajstić information content (AvgIpc) is 2.27. The number of halogens is 5. The van der Waals surface area contributed by atoms with Crippen molar-refractivity contribution < 1.29 is 41.5 Å². The predicted octanol–water partition coefficient (Wildman–Crippen LogP) is 2.45. The Morgan fingerprint density at radius 1 is 1.48 bits per heavy atom. The van der Waals surface area contributed by atoms with Crippen LogP contribution in [-0.2, 0) is 11.2 Å². The quantitative estimate of drug-likeness (QED) is 0.508. The van der Waals surface area contributed by atoms with Crippen molar-refractivity contribution in [1.82, 2.24) is 4.98 Å². The number of alkyl halides is 5. The lowest BCUT2D eigenvalue weighted by Gasteiger charge is -2.12. The van der Waals surface area contributed by atoms with Crippen molar-refractivity contribution in [3.8, 4) is 5.88 Å². The van der Waals surface area contributed by atoms with Gasteiger partial charge in [0.25, 0.3) is 6.43 Å². The molecular weight excluding hydrogens is 311 g/mol. The number of nitrogens with zero attached hydrogens (tertiary/aromatic N) is 2. The zero-order valence-electron chi connectivity index (χ0n) is 9.73. The Hall–Kier alpha value is -2.53. The third kappa shape index (κ3) is 4.50. The number of aromatic nitrogens is 1. The molecule has 0 amide bonds. The summed E-state index contributed by atoms with van der Waals surface area (Å²) in [6, 6.07) is 0.268. The smallest absolute Gasteiger partial charge is 0.481 e. The summed E-state index contributed by atoms with van der Waals surface area (Å²) in [6.07, 6.45) is -9.89. The lowest BCUT2D eigenvalue weighted by Crippen LogP contribution is -2.20. The van der Waals surface area contributed by atoms with E-state index in [1.54, 1.807) is 0 Å². The lowest BCUT2D eigenvalue weighted by molar-refractivity contribution is -0.389. The highest BCUT2D eigenvalue weighted by Crippen LogP contribution is 2.34. The van der Waals surface area contributed by atoms with E-state index in [1.165, 1.54) is 0 Å². The molecule has 1 aromatic heterocycles. The number of pyridine rings is 1. The first-order chi connectivity index (χ1) is 9.51. The van der Waals surface area contributed by atoms with Crippen LogP contribution in [0.4, 0.5) is 27.6 Å². The van der Waals surface area contributed by atoms with E-state index in [4.69, 9.17) is 5.11 Å². The highest BCUT2D eigenvalue weighted by Gasteiger charge is 2.37. The number of carboxylic acid groups (broad SMARTS) is 1. The van der Waals surface area contributed by atoms with E-state index in [-0.39, 0.29) is 6.07 Å². The first kappa shape index (κ1) is 16.5. The summed E-state index contributed by atoms with van der Waals surface area (Å²) in [5.74, 6) is -3.30. The Labute approximate surface area is 112 Å². The van der Waals surface area contributed by atoms with Crippen molar-refractivity contribution in [1.29, 1.82) is 0 Å². The first-order valence-corrected chi connectivity index (χ1v) is 4.95. The van der Waals surface area contributed by atoms with Crippen LogP contribution in [0.5, 0.6) is 5.88 Å². The third-order valence-corrected chi connectivity index (χ3v) is 2.04. The molecule has 12 heteroatoms. The molecule has 0 aliphatic carbocycles. The Kier molecular flexibility index (Phi) is 4.60. The maximum atomic E-state index is 12.7. The molecular formula is C9H5F5N2O5. The lowest BCUT2D eigenvalue weighted by atomic mass is 10.1. The number of hydrogen-bond acceptors (Lipinski definition) is 5. The molecule has 0 atom stereocenters. The average molecular weight is 316 g/mol. The van der Waals surface area contributed by atoms with Crippen LogP contribution in [0.15, 0.2) is 6.07 Å². The normalized spacial score (nSPS) is 11.5. The summed E-state index contributed by atoms with van der Waals surface area (Å²) in [4.78, 5) is 22.5. The third-order valence-electron chi connectivity index (χ3n) is 2.04. The van der Waals surface area contributed by atoms with Crippen LogP contribution in [0, 0.1) is 10.1 Å². The van der Waals surface area contributed by atoms with Crippen molar-refractivity contribution in [2.75, 3.05) is 0 Å². The SMILES string of the molecule is O=C(O)Cc1cc([N+](=O)[O-])c(OC(F)(F)F)nc1C(F)F. The van der Waals surface area contributed by atoms with Gasteiger partial charge in [-0.05, 0) is 5.56 Å². The molecule has 0 unspecified atom stereocenters. The Morgan fingerprint density at radius 2 is 2.05 bits per heavy atom. The van der Waals surface area contributed by atoms with Gasteiger partial charge in [-0.25, -0.2) is 13.8 Å². The van der Waals surface area contributed by atoms with E-state index in [0.717, 1.165) is 0 Å². The number of carboxylic acids is 1. The molecule has 0 saturated carbocycles. The van der Waals surface area contributed by atoms with Gasteiger partial charge in [-0.3, -0.25) is 14.9 Å². The van der Waals surface area contributed by atoms with Crippen LogP contribution in [0.1, 0.15) is 17.7 Å². The number of carbonyl (C=O) groups is 1. The molecule has 1 heterocycles. The summed E-state index contributed by atoms with van der Waals surface area (Å²) in [7, 11) is 0. The zero-order chi connectivity index (χ0) is 16.4. The van der Waals surface area contributed by atoms with Crippen molar-refractivity contribution in [2.45, 2.75) is 19.2 Å². The van der Waals surface area contributed by atoms with Crippen molar-refractivity contribution in [3.63, 3.8) is 0 Å². The molecule has 1 N–H and O–H groups in total. The van der Waals surface area contributed by atoms with Gasteiger partial charge in [-0.1, -0.05) is 0 Å². The fourth-order valence-electron chi connectivity index (χ4n) is 1.35. The second-order valence-electron chi connectivity index (χ2n) is 3.53. The topological polar surface area (TPSA) is 103 Å². The first-order valence-electron chi connectivity index (χ1n) is 4.95. The van der Waals surface area contributed by atoms with E-state index < -0.39 is 52.9 Å². The molecule has 21 heavy (non-hydrogen) atoms. The second kappa shape index (κ2) is 5.85. The maximum absolute atomic E-state index is 12.7. The molecule has 0 aromatic carbocycles. The van der Waals surface area contributed by atoms with Crippen LogP contribution >= 0.6 is 0 Å². The molecule has 1 rings (SSSR count). The van der Waals surface area contributed by atoms with Crippen LogP contribution in [-0.4, -0.2) is 27.3 Å². The summed E-state index contributed by atoms with van der Waals surface area (Å²) < 4.78 is 64.7. The number of nitro groups is 1. The van der Waals surface area contributed by atoms with Gasteiger partial charge in [0.1, 0.15) is 5.69 Å². The molecule has 116 valence electrons. The van der Waals surface area contributed by atoms with Crippen molar-refractivity contribution in [2.24, 2.45) is 0 Å². The van der Waals surface area contributed by atoms with E-state index >= 15 is 0 Å². The van der Waals surface area contributed by atoms with E-state index in [9.17, 15) is 36.9 Å². The number of aliphatic carboxylic acids is 1. The van der Waals surface area contributed by atoms with Crippen LogP contribution in [0.25, 0.3) is 0 Å². The number of ether oxygens (including phenoxy) is 1. The van der Waals surface area contributed by atoms with Gasteiger partial charge in [0, 0.05) is 6.07 Å². The predicted molar refractivity (Wildman–Crippen MR) is 53.9 cm³/mol. The fourth-order valence-corrected chi connectivity index (χ4v) is 1.35. The minimum absolute atomic E-state index is 0.268. The van der Waals surface area contributed by atoms with Crippen LogP contribution in [0.2, 0.25) is 0 Å². The molecule has 7 nitrogen and oxygen atoms in total. The summed E-state index contributed by atoms with van der Waals surface area (Å²) >= 11 is 0. The van der Waals surface area contributed by atoms with E-state index in [1.807, 2.05) is 0 Å². The van der Waals surface area contributed by atoms with Gasteiger partial charge < -0.3 is 9.84 Å². The summed E-state index contributed by atoms with van der Waals surface area (Å²) in [6.45, 7) is 0. The van der Waals surface area contributed by atoms with Gasteiger partial charge >= 0.3 is 23.9 Å². The standard InChI is InChI=1S/C9H5F5N2O5/c10-7(11)6-3(2-5(17)18)1-4(16(19)20)8(15-6)21-9(12,13)14/h1,7H,2H2,(H,17,18). The number of rotatable bonds is 5. The maximum Gasteiger partial charge on any atom is 0.574 e. The Balaban J connectivity index is 3.46. The summed E-state index contributed by atoms with van der Waals surface area (Å²) in [5, 5.41) is 19.1. The fraction of sp³-hybridized carbons (Fsp3) is 0.333. The highest BCUT2D eigenvalue weighted by molar-refractivity contribution is 5.71. The Morgan fingerprint density at radius 3 is 2.43 bits per heavy atom. The van der Waals surface area contributed by atoms with Gasteiger partial charge in [0.2, 0.25) is 0 Å². The van der Waals surface area contributed by atoms with Gasteiger partial charge in [-0.15, -0.1) is 13.2 Å².